The molecule has 0 fully saturated rings. The molecule has 124 valence electrons. The summed E-state index contributed by atoms with van der Waals surface area (Å²) in [6, 6.07) is 12.7. The summed E-state index contributed by atoms with van der Waals surface area (Å²) >= 11 is 0. The Balaban J connectivity index is 1.73. The lowest BCUT2D eigenvalue weighted by Crippen LogP contribution is -2.11. The molecule has 3 aromatic rings. The van der Waals surface area contributed by atoms with Crippen LogP contribution in [0, 0.1) is 13.8 Å². The number of amides is 1. The van der Waals surface area contributed by atoms with Crippen LogP contribution in [0.3, 0.4) is 0 Å². The number of hydrogen-bond acceptors (Lipinski definition) is 4. The molecule has 0 aliphatic heterocycles. The molecule has 0 saturated carbocycles. The molecule has 0 unspecified atom stereocenters. The number of aryl methyl sites for hydroxylation is 2. The zero-order chi connectivity index (χ0) is 17.1. The van der Waals surface area contributed by atoms with E-state index in [0.717, 1.165) is 11.4 Å². The van der Waals surface area contributed by atoms with Crippen molar-refractivity contribution in [3.8, 4) is 5.75 Å². The van der Waals surface area contributed by atoms with E-state index in [0.29, 0.717) is 23.7 Å². The molecule has 0 saturated heterocycles. The maximum Gasteiger partial charge on any atom is 0.291 e. The number of carbonyl (C=O) groups excluding carboxylic acids is 1. The van der Waals surface area contributed by atoms with Gasteiger partial charge in [0.1, 0.15) is 11.5 Å². The molecule has 1 aromatic carbocycles. The molecule has 24 heavy (non-hydrogen) atoms. The fourth-order valence-electron chi connectivity index (χ4n) is 2.50. The van der Waals surface area contributed by atoms with Gasteiger partial charge in [0.25, 0.3) is 5.91 Å². The Morgan fingerprint density at radius 2 is 2.04 bits per heavy atom. The Morgan fingerprint density at radius 1 is 1.25 bits per heavy atom. The van der Waals surface area contributed by atoms with Gasteiger partial charge in [-0.2, -0.15) is 5.10 Å². The summed E-state index contributed by atoms with van der Waals surface area (Å²) in [5, 5.41) is 7.18. The van der Waals surface area contributed by atoms with Gasteiger partial charge in [0.2, 0.25) is 0 Å². The van der Waals surface area contributed by atoms with Gasteiger partial charge in [-0.3, -0.25) is 9.48 Å². The van der Waals surface area contributed by atoms with Crippen LogP contribution in [0.25, 0.3) is 0 Å². The number of anilines is 1. The minimum Gasteiger partial charge on any atom is -0.495 e. The first-order valence-corrected chi connectivity index (χ1v) is 7.61. The molecular weight excluding hydrogens is 306 g/mol. The lowest BCUT2D eigenvalue weighted by molar-refractivity contribution is 0.0994. The largest absolute Gasteiger partial charge is 0.495 e. The van der Waals surface area contributed by atoms with Crippen LogP contribution in [0.15, 0.2) is 46.9 Å². The first kappa shape index (κ1) is 15.9. The number of nitrogens with one attached hydrogen (secondary N) is 1. The lowest BCUT2D eigenvalue weighted by atomic mass is 10.3. The van der Waals surface area contributed by atoms with Crippen LogP contribution in [0.5, 0.6) is 5.75 Å². The molecule has 0 atom stereocenters. The SMILES string of the molecule is COc1ccccc1NC(=O)c1ccc(Cn2nc(C)cc2C)o1. The standard InChI is InChI=1S/C18H19N3O3/c1-12-10-13(2)21(20-12)11-14-8-9-17(24-14)18(22)19-15-6-4-5-7-16(15)23-3/h4-10H,11H2,1-3H3,(H,19,22). The fourth-order valence-corrected chi connectivity index (χ4v) is 2.50. The summed E-state index contributed by atoms with van der Waals surface area (Å²) in [6.07, 6.45) is 0. The Hall–Kier alpha value is -3.02. The summed E-state index contributed by atoms with van der Waals surface area (Å²) in [5.41, 5.74) is 2.60. The van der Waals surface area contributed by atoms with E-state index in [1.165, 1.54) is 0 Å². The van der Waals surface area contributed by atoms with E-state index in [9.17, 15) is 4.79 Å². The average Bonchev–Trinajstić information content (AvgIpc) is 3.15. The zero-order valence-corrected chi connectivity index (χ0v) is 13.9. The van der Waals surface area contributed by atoms with Gasteiger partial charge in [0, 0.05) is 5.69 Å². The Kier molecular flexibility index (Phi) is 4.37. The third-order valence-corrected chi connectivity index (χ3v) is 3.65. The van der Waals surface area contributed by atoms with Gasteiger partial charge in [-0.15, -0.1) is 0 Å². The van der Waals surface area contributed by atoms with Crippen molar-refractivity contribution in [2.45, 2.75) is 20.4 Å². The summed E-state index contributed by atoms with van der Waals surface area (Å²) in [4.78, 5) is 12.3. The molecule has 1 amide bonds. The van der Waals surface area contributed by atoms with Crippen LogP contribution in [0.2, 0.25) is 0 Å². The van der Waals surface area contributed by atoms with E-state index in [1.807, 2.05) is 36.7 Å². The predicted molar refractivity (Wildman–Crippen MR) is 90.5 cm³/mol. The molecule has 6 nitrogen and oxygen atoms in total. The van der Waals surface area contributed by atoms with E-state index in [1.54, 1.807) is 31.4 Å². The number of methoxy groups -OCH3 is 1. The van der Waals surface area contributed by atoms with Crippen molar-refractivity contribution >= 4 is 11.6 Å². The first-order chi connectivity index (χ1) is 11.6. The first-order valence-electron chi connectivity index (χ1n) is 7.61. The summed E-state index contributed by atoms with van der Waals surface area (Å²) in [6.45, 7) is 4.41. The van der Waals surface area contributed by atoms with Crippen molar-refractivity contribution in [1.82, 2.24) is 9.78 Å². The molecule has 2 aromatic heterocycles. The maximum absolute atomic E-state index is 12.3. The smallest absolute Gasteiger partial charge is 0.291 e. The highest BCUT2D eigenvalue weighted by Crippen LogP contribution is 2.24. The highest BCUT2D eigenvalue weighted by atomic mass is 16.5. The number of rotatable bonds is 5. The third-order valence-electron chi connectivity index (χ3n) is 3.65. The van der Waals surface area contributed by atoms with Gasteiger partial charge in [-0.05, 0) is 44.2 Å². The van der Waals surface area contributed by atoms with Crippen LogP contribution in [0.1, 0.15) is 27.7 Å². The van der Waals surface area contributed by atoms with Crippen LogP contribution < -0.4 is 10.1 Å². The highest BCUT2D eigenvalue weighted by molar-refractivity contribution is 6.03. The second-order valence-electron chi connectivity index (χ2n) is 5.51. The van der Waals surface area contributed by atoms with Gasteiger partial charge in [-0.1, -0.05) is 12.1 Å². The number of hydrogen-bond donors (Lipinski definition) is 1. The topological polar surface area (TPSA) is 69.3 Å². The molecule has 0 radical (unpaired) electrons. The summed E-state index contributed by atoms with van der Waals surface area (Å²) in [5.74, 6) is 1.20. The number of benzene rings is 1. The number of aromatic nitrogens is 2. The van der Waals surface area contributed by atoms with Crippen molar-refractivity contribution in [3.05, 3.63) is 65.4 Å². The monoisotopic (exact) mass is 325 g/mol. The molecule has 3 rings (SSSR count). The van der Waals surface area contributed by atoms with Crippen molar-refractivity contribution in [2.24, 2.45) is 0 Å². The number of furan rings is 1. The van der Waals surface area contributed by atoms with Gasteiger partial charge in [-0.25, -0.2) is 0 Å². The van der Waals surface area contributed by atoms with Crippen molar-refractivity contribution in [1.29, 1.82) is 0 Å². The lowest BCUT2D eigenvalue weighted by Gasteiger charge is -2.08. The molecule has 1 N–H and O–H groups in total. The van der Waals surface area contributed by atoms with Gasteiger partial charge in [0.05, 0.1) is 25.0 Å². The highest BCUT2D eigenvalue weighted by Gasteiger charge is 2.14. The quantitative estimate of drug-likeness (QED) is 0.780. The van der Waals surface area contributed by atoms with E-state index < -0.39 is 0 Å². The third kappa shape index (κ3) is 3.32. The average molecular weight is 325 g/mol. The molecule has 0 aliphatic rings. The van der Waals surface area contributed by atoms with Crippen molar-refractivity contribution in [2.75, 3.05) is 12.4 Å². The van der Waals surface area contributed by atoms with E-state index >= 15 is 0 Å². The maximum atomic E-state index is 12.3. The van der Waals surface area contributed by atoms with E-state index in [2.05, 4.69) is 10.4 Å². The summed E-state index contributed by atoms with van der Waals surface area (Å²) < 4.78 is 12.7. The molecule has 0 spiro atoms. The second kappa shape index (κ2) is 6.62. The number of carbonyl (C=O) groups is 1. The number of nitrogens with zero attached hydrogens (tertiary/aromatic N) is 2. The number of ether oxygens (including phenoxy) is 1. The van der Waals surface area contributed by atoms with Crippen LogP contribution >= 0.6 is 0 Å². The molecule has 0 bridgehead atoms. The Labute approximate surface area is 140 Å². The fraction of sp³-hybridized carbons (Fsp3) is 0.222. The van der Waals surface area contributed by atoms with E-state index in [-0.39, 0.29) is 11.7 Å². The number of para-hydroxylation sites is 2. The Bertz CT molecular complexity index is 864. The normalized spacial score (nSPS) is 10.6. The molecule has 0 aliphatic carbocycles. The van der Waals surface area contributed by atoms with Crippen LogP contribution in [-0.2, 0) is 6.54 Å². The molecule has 2 heterocycles. The Morgan fingerprint density at radius 3 is 2.75 bits per heavy atom. The van der Waals surface area contributed by atoms with Crippen molar-refractivity contribution < 1.29 is 13.9 Å². The minimum atomic E-state index is -0.320. The van der Waals surface area contributed by atoms with Crippen molar-refractivity contribution in [3.63, 3.8) is 0 Å². The van der Waals surface area contributed by atoms with Crippen LogP contribution in [-0.4, -0.2) is 22.8 Å². The van der Waals surface area contributed by atoms with Crippen LogP contribution in [0.4, 0.5) is 5.69 Å². The summed E-state index contributed by atoms with van der Waals surface area (Å²) in [7, 11) is 1.56. The van der Waals surface area contributed by atoms with Gasteiger partial charge in [0.15, 0.2) is 5.76 Å². The second-order valence-corrected chi connectivity index (χ2v) is 5.51. The molecule has 6 heteroatoms. The predicted octanol–water partition coefficient (Wildman–Crippen LogP) is 3.40. The van der Waals surface area contributed by atoms with Gasteiger partial charge >= 0.3 is 0 Å². The zero-order valence-electron chi connectivity index (χ0n) is 13.9. The van der Waals surface area contributed by atoms with Gasteiger partial charge < -0.3 is 14.5 Å². The molecular formula is C18H19N3O3. The minimum absolute atomic E-state index is 0.248. The van der Waals surface area contributed by atoms with E-state index in [4.69, 9.17) is 9.15 Å².